The first-order valence-corrected chi connectivity index (χ1v) is 7.63. The summed E-state index contributed by atoms with van der Waals surface area (Å²) >= 11 is 0. The fourth-order valence-electron chi connectivity index (χ4n) is 2.42. The van der Waals surface area contributed by atoms with Crippen LogP contribution in [0.25, 0.3) is 22.6 Å². The summed E-state index contributed by atoms with van der Waals surface area (Å²) in [5, 5.41) is 0. The second-order valence-electron chi connectivity index (χ2n) is 5.41. The molecule has 1 aromatic heterocycles. The minimum atomic E-state index is -0.567. The summed E-state index contributed by atoms with van der Waals surface area (Å²) in [5.41, 5.74) is 2.32. The smallest absolute Gasteiger partial charge is 0.343 e. The van der Waals surface area contributed by atoms with Crippen molar-refractivity contribution in [2.45, 2.75) is 0 Å². The number of esters is 1. The van der Waals surface area contributed by atoms with Crippen LogP contribution >= 0.6 is 0 Å². The summed E-state index contributed by atoms with van der Waals surface area (Å²) in [6.45, 7) is 0. The summed E-state index contributed by atoms with van der Waals surface area (Å²) in [6, 6.07) is 19.7. The van der Waals surface area contributed by atoms with Crippen LogP contribution in [0.1, 0.15) is 10.4 Å². The van der Waals surface area contributed by atoms with Gasteiger partial charge in [-0.2, -0.15) is 0 Å². The highest BCUT2D eigenvalue weighted by atomic mass is 19.1. The lowest BCUT2D eigenvalue weighted by Gasteiger charge is -2.03. The summed E-state index contributed by atoms with van der Waals surface area (Å²) in [5.74, 6) is -0.148. The molecule has 25 heavy (non-hydrogen) atoms. The van der Waals surface area contributed by atoms with E-state index in [0.29, 0.717) is 22.7 Å². The second kappa shape index (κ2) is 6.20. The molecule has 0 aliphatic rings. The summed E-state index contributed by atoms with van der Waals surface area (Å²) in [7, 11) is 0. The van der Waals surface area contributed by atoms with Crippen molar-refractivity contribution in [2.24, 2.45) is 0 Å². The van der Waals surface area contributed by atoms with Crippen molar-refractivity contribution < 1.29 is 18.3 Å². The molecule has 0 fully saturated rings. The molecule has 4 nitrogen and oxygen atoms in total. The van der Waals surface area contributed by atoms with Gasteiger partial charge in [-0.3, -0.25) is 0 Å². The molecule has 5 heteroatoms. The second-order valence-corrected chi connectivity index (χ2v) is 5.41. The van der Waals surface area contributed by atoms with Crippen molar-refractivity contribution in [1.29, 1.82) is 0 Å². The minimum absolute atomic E-state index is 0.268. The predicted molar refractivity (Wildman–Crippen MR) is 90.8 cm³/mol. The van der Waals surface area contributed by atoms with Crippen LogP contribution in [0.2, 0.25) is 0 Å². The Balaban J connectivity index is 1.61. The van der Waals surface area contributed by atoms with Crippen LogP contribution in [0.4, 0.5) is 4.39 Å². The topological polar surface area (TPSA) is 52.3 Å². The van der Waals surface area contributed by atoms with E-state index in [-0.39, 0.29) is 5.56 Å². The van der Waals surface area contributed by atoms with Crippen molar-refractivity contribution >= 4 is 17.1 Å². The number of ether oxygens (including phenoxy) is 1. The number of aromatic nitrogens is 1. The molecule has 4 aromatic rings. The number of rotatable bonds is 3. The zero-order chi connectivity index (χ0) is 17.2. The maximum absolute atomic E-state index is 12.9. The Kier molecular flexibility index (Phi) is 3.74. The monoisotopic (exact) mass is 333 g/mol. The Labute approximate surface area is 142 Å². The minimum Gasteiger partial charge on any atom is -0.436 e. The number of nitrogens with zero attached hydrogens (tertiary/aromatic N) is 1. The fourth-order valence-corrected chi connectivity index (χ4v) is 2.42. The van der Waals surface area contributed by atoms with Crippen molar-refractivity contribution in [3.05, 3.63) is 84.2 Å². The molecular formula is C20H12FNO3. The lowest BCUT2D eigenvalue weighted by atomic mass is 10.2. The lowest BCUT2D eigenvalue weighted by molar-refractivity contribution is 0.0735. The molecule has 0 atom stereocenters. The molecule has 0 N–H and O–H groups in total. The number of fused-ring (bicyclic) bond motifs is 1. The van der Waals surface area contributed by atoms with E-state index in [1.165, 1.54) is 24.3 Å². The summed E-state index contributed by atoms with van der Waals surface area (Å²) in [6.07, 6.45) is 0. The molecule has 4 rings (SSSR count). The van der Waals surface area contributed by atoms with Gasteiger partial charge in [-0.15, -0.1) is 0 Å². The van der Waals surface area contributed by atoms with Crippen LogP contribution in [0, 0.1) is 5.82 Å². The molecule has 0 aliphatic carbocycles. The van der Waals surface area contributed by atoms with E-state index in [9.17, 15) is 9.18 Å². The third-order valence-corrected chi connectivity index (χ3v) is 3.67. The zero-order valence-electron chi connectivity index (χ0n) is 13.0. The van der Waals surface area contributed by atoms with E-state index in [2.05, 4.69) is 4.98 Å². The quantitative estimate of drug-likeness (QED) is 0.397. The Morgan fingerprint density at radius 3 is 2.48 bits per heavy atom. The molecule has 0 saturated heterocycles. The maximum atomic E-state index is 12.9. The van der Waals surface area contributed by atoms with Crippen LogP contribution in [-0.2, 0) is 0 Å². The highest BCUT2D eigenvalue weighted by Crippen LogP contribution is 2.27. The van der Waals surface area contributed by atoms with Crippen molar-refractivity contribution in [3.8, 4) is 17.2 Å². The number of carbonyl (C=O) groups is 1. The van der Waals surface area contributed by atoms with Gasteiger partial charge in [0.05, 0.1) is 5.56 Å². The summed E-state index contributed by atoms with van der Waals surface area (Å²) in [4.78, 5) is 16.5. The van der Waals surface area contributed by atoms with E-state index in [4.69, 9.17) is 9.15 Å². The number of carbonyl (C=O) groups excluding carboxylic acids is 1. The average molecular weight is 333 g/mol. The Bertz CT molecular complexity index is 1040. The zero-order valence-corrected chi connectivity index (χ0v) is 13.0. The molecule has 3 aromatic carbocycles. The van der Waals surface area contributed by atoms with E-state index in [1.54, 1.807) is 18.2 Å². The van der Waals surface area contributed by atoms with Crippen molar-refractivity contribution in [1.82, 2.24) is 4.98 Å². The molecule has 0 spiro atoms. The highest BCUT2D eigenvalue weighted by molar-refractivity contribution is 5.91. The first-order valence-electron chi connectivity index (χ1n) is 7.63. The van der Waals surface area contributed by atoms with Gasteiger partial charge < -0.3 is 9.15 Å². The number of halogens is 1. The van der Waals surface area contributed by atoms with Gasteiger partial charge in [0, 0.05) is 11.6 Å². The normalized spacial score (nSPS) is 10.8. The van der Waals surface area contributed by atoms with Crippen molar-refractivity contribution in [3.63, 3.8) is 0 Å². The molecular weight excluding hydrogens is 321 g/mol. The van der Waals surface area contributed by atoms with E-state index < -0.39 is 11.8 Å². The molecule has 0 saturated carbocycles. The van der Waals surface area contributed by atoms with Crippen LogP contribution in [0.3, 0.4) is 0 Å². The molecule has 0 amide bonds. The standard InChI is InChI=1S/C20H12FNO3/c21-15-8-6-14(7-9-15)20(23)24-16-10-11-17-18(12-16)25-19(22-17)13-4-2-1-3-5-13/h1-12H. The molecule has 122 valence electrons. The van der Waals surface area contributed by atoms with Gasteiger partial charge in [0.1, 0.15) is 17.1 Å². The molecule has 0 aliphatic heterocycles. The van der Waals surface area contributed by atoms with Gasteiger partial charge in [-0.1, -0.05) is 18.2 Å². The molecule has 0 bridgehead atoms. The summed E-state index contributed by atoms with van der Waals surface area (Å²) < 4.78 is 24.0. The number of hydrogen-bond acceptors (Lipinski definition) is 4. The Morgan fingerprint density at radius 1 is 0.960 bits per heavy atom. The van der Waals surface area contributed by atoms with Gasteiger partial charge in [0.2, 0.25) is 5.89 Å². The van der Waals surface area contributed by atoms with Crippen LogP contribution in [-0.4, -0.2) is 11.0 Å². The molecule has 0 unspecified atom stereocenters. The van der Waals surface area contributed by atoms with Crippen LogP contribution < -0.4 is 4.74 Å². The van der Waals surface area contributed by atoms with Crippen molar-refractivity contribution in [2.75, 3.05) is 0 Å². The van der Waals surface area contributed by atoms with Crippen LogP contribution in [0.15, 0.2) is 77.2 Å². The average Bonchev–Trinajstić information content (AvgIpc) is 3.06. The van der Waals surface area contributed by atoms with Gasteiger partial charge >= 0.3 is 5.97 Å². The van der Waals surface area contributed by atoms with Gasteiger partial charge in [0.25, 0.3) is 0 Å². The SMILES string of the molecule is O=C(Oc1ccc2nc(-c3ccccc3)oc2c1)c1ccc(F)cc1. The fraction of sp³-hybridized carbons (Fsp3) is 0. The number of benzene rings is 3. The first kappa shape index (κ1) is 15.1. The van der Waals surface area contributed by atoms with Gasteiger partial charge in [-0.25, -0.2) is 14.2 Å². The van der Waals surface area contributed by atoms with E-state index in [1.807, 2.05) is 30.3 Å². The van der Waals surface area contributed by atoms with Gasteiger partial charge in [0.15, 0.2) is 5.58 Å². The lowest BCUT2D eigenvalue weighted by Crippen LogP contribution is -2.08. The van der Waals surface area contributed by atoms with Gasteiger partial charge in [-0.05, 0) is 48.5 Å². The van der Waals surface area contributed by atoms with E-state index >= 15 is 0 Å². The molecule has 1 heterocycles. The Morgan fingerprint density at radius 2 is 1.72 bits per heavy atom. The predicted octanol–water partition coefficient (Wildman–Crippen LogP) is 4.85. The van der Waals surface area contributed by atoms with E-state index in [0.717, 1.165) is 5.56 Å². The number of oxazole rings is 1. The Hall–Kier alpha value is -3.47. The third-order valence-electron chi connectivity index (χ3n) is 3.67. The maximum Gasteiger partial charge on any atom is 0.343 e. The number of hydrogen-bond donors (Lipinski definition) is 0. The highest BCUT2D eigenvalue weighted by Gasteiger charge is 2.12. The van der Waals surface area contributed by atoms with Crippen LogP contribution in [0.5, 0.6) is 5.75 Å². The largest absolute Gasteiger partial charge is 0.436 e. The molecule has 0 radical (unpaired) electrons. The first-order chi connectivity index (χ1) is 12.2. The third kappa shape index (κ3) is 3.12.